The SMILES string of the molecule is NCCCc1nnc(CCl)n1-c1ccc(F)cc1. The number of aromatic nitrogens is 3. The van der Waals surface area contributed by atoms with Crippen LogP contribution in [0.25, 0.3) is 5.69 Å². The fourth-order valence-electron chi connectivity index (χ4n) is 1.75. The highest BCUT2D eigenvalue weighted by molar-refractivity contribution is 6.16. The van der Waals surface area contributed by atoms with E-state index in [4.69, 9.17) is 17.3 Å². The first-order valence-corrected chi connectivity index (χ1v) is 6.25. The molecule has 0 atom stereocenters. The van der Waals surface area contributed by atoms with Crippen LogP contribution in [0.4, 0.5) is 4.39 Å². The van der Waals surface area contributed by atoms with Gasteiger partial charge in [0.05, 0.1) is 5.88 Å². The van der Waals surface area contributed by atoms with Gasteiger partial charge < -0.3 is 5.73 Å². The van der Waals surface area contributed by atoms with Gasteiger partial charge in [-0.2, -0.15) is 0 Å². The second-order valence-electron chi connectivity index (χ2n) is 3.87. The van der Waals surface area contributed by atoms with Gasteiger partial charge in [-0.1, -0.05) is 0 Å². The quantitative estimate of drug-likeness (QED) is 0.845. The van der Waals surface area contributed by atoms with Crippen molar-refractivity contribution < 1.29 is 4.39 Å². The van der Waals surface area contributed by atoms with Crippen LogP contribution in [0.1, 0.15) is 18.1 Å². The van der Waals surface area contributed by atoms with E-state index in [1.807, 2.05) is 4.57 Å². The molecule has 6 heteroatoms. The van der Waals surface area contributed by atoms with Crippen molar-refractivity contribution in [3.05, 3.63) is 41.7 Å². The van der Waals surface area contributed by atoms with E-state index in [0.717, 1.165) is 24.4 Å². The fraction of sp³-hybridized carbons (Fsp3) is 0.333. The molecule has 0 saturated heterocycles. The van der Waals surface area contributed by atoms with Crippen LogP contribution in [0.2, 0.25) is 0 Å². The number of hydrogen-bond donors (Lipinski definition) is 1. The molecule has 2 rings (SSSR count). The highest BCUT2D eigenvalue weighted by Crippen LogP contribution is 2.16. The second kappa shape index (κ2) is 5.93. The van der Waals surface area contributed by atoms with Crippen LogP contribution in [-0.2, 0) is 12.3 Å². The molecule has 0 spiro atoms. The Balaban J connectivity index is 2.39. The minimum atomic E-state index is -0.275. The summed E-state index contributed by atoms with van der Waals surface area (Å²) in [5.41, 5.74) is 6.30. The Kier molecular flexibility index (Phi) is 4.28. The molecule has 18 heavy (non-hydrogen) atoms. The van der Waals surface area contributed by atoms with Crippen molar-refractivity contribution >= 4 is 11.6 Å². The molecule has 0 aliphatic carbocycles. The molecule has 0 aliphatic rings. The maximum Gasteiger partial charge on any atom is 0.152 e. The maximum absolute atomic E-state index is 12.9. The summed E-state index contributed by atoms with van der Waals surface area (Å²) < 4.78 is 14.8. The Morgan fingerprint density at radius 3 is 2.44 bits per heavy atom. The molecule has 0 radical (unpaired) electrons. The lowest BCUT2D eigenvalue weighted by Gasteiger charge is -2.08. The fourth-order valence-corrected chi connectivity index (χ4v) is 1.92. The molecule has 0 aliphatic heterocycles. The summed E-state index contributed by atoms with van der Waals surface area (Å²) in [4.78, 5) is 0. The standard InChI is InChI=1S/C12H14ClFN4/c13-8-12-17-16-11(2-1-7-15)18(12)10-5-3-9(14)4-6-10/h3-6H,1-2,7-8,15H2. The van der Waals surface area contributed by atoms with Crippen LogP contribution in [0.5, 0.6) is 0 Å². The van der Waals surface area contributed by atoms with Crippen molar-refractivity contribution in [2.45, 2.75) is 18.7 Å². The van der Waals surface area contributed by atoms with Crippen LogP contribution in [0, 0.1) is 5.82 Å². The lowest BCUT2D eigenvalue weighted by molar-refractivity contribution is 0.627. The Labute approximate surface area is 110 Å². The number of benzene rings is 1. The van der Waals surface area contributed by atoms with E-state index in [1.54, 1.807) is 12.1 Å². The van der Waals surface area contributed by atoms with Gasteiger partial charge in [0.15, 0.2) is 5.82 Å². The minimum absolute atomic E-state index is 0.257. The molecule has 96 valence electrons. The van der Waals surface area contributed by atoms with E-state index in [-0.39, 0.29) is 11.7 Å². The summed E-state index contributed by atoms with van der Waals surface area (Å²) >= 11 is 5.84. The maximum atomic E-state index is 12.9. The summed E-state index contributed by atoms with van der Waals surface area (Å²) in [7, 11) is 0. The molecule has 2 N–H and O–H groups in total. The van der Waals surface area contributed by atoms with E-state index in [2.05, 4.69) is 10.2 Å². The topological polar surface area (TPSA) is 56.7 Å². The van der Waals surface area contributed by atoms with Crippen molar-refractivity contribution in [3.8, 4) is 5.69 Å². The molecule has 0 bridgehead atoms. The highest BCUT2D eigenvalue weighted by Gasteiger charge is 2.12. The Morgan fingerprint density at radius 1 is 1.17 bits per heavy atom. The van der Waals surface area contributed by atoms with Gasteiger partial charge in [-0.25, -0.2) is 4.39 Å². The largest absolute Gasteiger partial charge is 0.330 e. The first-order chi connectivity index (χ1) is 8.76. The highest BCUT2D eigenvalue weighted by atomic mass is 35.5. The number of hydrogen-bond acceptors (Lipinski definition) is 3. The molecule has 4 nitrogen and oxygen atoms in total. The van der Waals surface area contributed by atoms with Crippen LogP contribution >= 0.6 is 11.6 Å². The summed E-state index contributed by atoms with van der Waals surface area (Å²) in [5.74, 6) is 1.42. The smallest absolute Gasteiger partial charge is 0.152 e. The Morgan fingerprint density at radius 2 is 1.83 bits per heavy atom. The normalized spacial score (nSPS) is 10.8. The third-order valence-corrected chi connectivity index (χ3v) is 2.84. The third-order valence-electron chi connectivity index (χ3n) is 2.61. The molecular weight excluding hydrogens is 255 g/mol. The average molecular weight is 269 g/mol. The first-order valence-electron chi connectivity index (χ1n) is 5.71. The summed E-state index contributed by atoms with van der Waals surface area (Å²) in [6.07, 6.45) is 1.54. The molecule has 2 aromatic rings. The molecule has 0 amide bonds. The Bertz CT molecular complexity index is 509. The van der Waals surface area contributed by atoms with Crippen LogP contribution in [0.3, 0.4) is 0 Å². The van der Waals surface area contributed by atoms with Gasteiger partial charge in [-0.05, 0) is 37.2 Å². The number of aryl methyl sites for hydroxylation is 1. The number of nitrogens with zero attached hydrogens (tertiary/aromatic N) is 3. The van der Waals surface area contributed by atoms with Gasteiger partial charge in [0, 0.05) is 12.1 Å². The number of halogens is 2. The van der Waals surface area contributed by atoms with Crippen LogP contribution in [0.15, 0.2) is 24.3 Å². The minimum Gasteiger partial charge on any atom is -0.330 e. The monoisotopic (exact) mass is 268 g/mol. The molecule has 1 heterocycles. The second-order valence-corrected chi connectivity index (χ2v) is 4.14. The number of rotatable bonds is 5. The zero-order valence-corrected chi connectivity index (χ0v) is 10.6. The molecular formula is C12H14ClFN4. The lowest BCUT2D eigenvalue weighted by atomic mass is 10.2. The van der Waals surface area contributed by atoms with Crippen molar-refractivity contribution in [2.75, 3.05) is 6.54 Å². The van der Waals surface area contributed by atoms with Gasteiger partial charge in [-0.3, -0.25) is 4.57 Å². The van der Waals surface area contributed by atoms with Gasteiger partial charge in [-0.15, -0.1) is 21.8 Å². The summed E-state index contributed by atoms with van der Waals surface area (Å²) in [5, 5.41) is 8.14. The number of alkyl halides is 1. The van der Waals surface area contributed by atoms with Crippen molar-refractivity contribution in [2.24, 2.45) is 5.73 Å². The van der Waals surface area contributed by atoms with E-state index in [9.17, 15) is 4.39 Å². The van der Waals surface area contributed by atoms with Crippen LogP contribution in [-0.4, -0.2) is 21.3 Å². The molecule has 0 unspecified atom stereocenters. The van der Waals surface area contributed by atoms with Crippen molar-refractivity contribution in [3.63, 3.8) is 0 Å². The zero-order valence-electron chi connectivity index (χ0n) is 9.81. The molecule has 1 aromatic heterocycles. The van der Waals surface area contributed by atoms with Gasteiger partial charge >= 0.3 is 0 Å². The van der Waals surface area contributed by atoms with E-state index in [1.165, 1.54) is 12.1 Å². The van der Waals surface area contributed by atoms with Crippen molar-refractivity contribution in [1.82, 2.24) is 14.8 Å². The molecule has 0 fully saturated rings. The predicted octanol–water partition coefficient (Wildman–Crippen LogP) is 2.04. The third kappa shape index (κ3) is 2.68. The van der Waals surface area contributed by atoms with Gasteiger partial charge in [0.1, 0.15) is 11.6 Å². The molecule has 0 saturated carbocycles. The first kappa shape index (κ1) is 13.0. The number of nitrogens with two attached hydrogens (primary N) is 1. The predicted molar refractivity (Wildman–Crippen MR) is 68.2 cm³/mol. The Hall–Kier alpha value is -1.46. The average Bonchev–Trinajstić information content (AvgIpc) is 2.80. The summed E-state index contributed by atoms with van der Waals surface area (Å²) in [6.45, 7) is 0.590. The van der Waals surface area contributed by atoms with Gasteiger partial charge in [0.2, 0.25) is 0 Å². The van der Waals surface area contributed by atoms with Gasteiger partial charge in [0.25, 0.3) is 0 Å². The van der Waals surface area contributed by atoms with Crippen molar-refractivity contribution in [1.29, 1.82) is 0 Å². The molecule has 1 aromatic carbocycles. The van der Waals surface area contributed by atoms with E-state index >= 15 is 0 Å². The van der Waals surface area contributed by atoms with Crippen LogP contribution < -0.4 is 5.73 Å². The van der Waals surface area contributed by atoms with E-state index in [0.29, 0.717) is 12.4 Å². The zero-order chi connectivity index (χ0) is 13.0. The van der Waals surface area contributed by atoms with E-state index < -0.39 is 0 Å². The lowest BCUT2D eigenvalue weighted by Crippen LogP contribution is -2.07. The summed E-state index contributed by atoms with van der Waals surface area (Å²) in [6, 6.07) is 6.17.